The van der Waals surface area contributed by atoms with Crippen LogP contribution in [-0.2, 0) is 25.5 Å². The molecule has 0 amide bonds. The smallest absolute Gasteiger partial charge is 0.330 e. The van der Waals surface area contributed by atoms with Gasteiger partial charge in [-0.15, -0.1) is 0 Å². The lowest BCUT2D eigenvalue weighted by Crippen LogP contribution is -2.29. The van der Waals surface area contributed by atoms with Crippen molar-refractivity contribution in [2.45, 2.75) is 58.0 Å². The number of hydrogen-bond acceptors (Lipinski definition) is 7. The Bertz CT molecular complexity index is 995. The lowest BCUT2D eigenvalue weighted by Gasteiger charge is -2.27. The van der Waals surface area contributed by atoms with Crippen LogP contribution in [0.4, 0.5) is 11.4 Å². The van der Waals surface area contributed by atoms with Crippen molar-refractivity contribution in [3.8, 4) is 5.75 Å². The minimum Gasteiger partial charge on any atom is -0.462 e. The van der Waals surface area contributed by atoms with Gasteiger partial charge in [0.25, 0.3) is 0 Å². The molecule has 0 saturated heterocycles. The van der Waals surface area contributed by atoms with Crippen molar-refractivity contribution in [2.75, 3.05) is 24.7 Å². The maximum atomic E-state index is 12.5. The summed E-state index contributed by atoms with van der Waals surface area (Å²) < 4.78 is 16.7. The zero-order valence-corrected chi connectivity index (χ0v) is 20.4. The van der Waals surface area contributed by atoms with Gasteiger partial charge >= 0.3 is 11.9 Å². The monoisotopic (exact) mass is 480 g/mol. The largest absolute Gasteiger partial charge is 0.462 e. The SMILES string of the molecule is CCCCOC1CCC(C(=O)Oc2ccc(C=CC(=O)OCCc3cc(N)ccc3N)cc2)CC1. The van der Waals surface area contributed by atoms with E-state index in [0.717, 1.165) is 56.3 Å². The van der Waals surface area contributed by atoms with Crippen LogP contribution >= 0.6 is 0 Å². The zero-order chi connectivity index (χ0) is 25.0. The first-order valence-corrected chi connectivity index (χ1v) is 12.4. The molecule has 1 fully saturated rings. The zero-order valence-electron chi connectivity index (χ0n) is 20.4. The van der Waals surface area contributed by atoms with E-state index in [1.165, 1.54) is 6.08 Å². The molecule has 0 bridgehead atoms. The van der Waals surface area contributed by atoms with Crippen molar-refractivity contribution in [3.63, 3.8) is 0 Å². The molecule has 0 atom stereocenters. The quantitative estimate of drug-likeness (QED) is 0.154. The van der Waals surface area contributed by atoms with Gasteiger partial charge in [-0.05, 0) is 79.6 Å². The van der Waals surface area contributed by atoms with E-state index in [1.54, 1.807) is 48.5 Å². The summed E-state index contributed by atoms with van der Waals surface area (Å²) in [6, 6.07) is 12.3. The summed E-state index contributed by atoms with van der Waals surface area (Å²) >= 11 is 0. The van der Waals surface area contributed by atoms with Crippen molar-refractivity contribution in [1.82, 2.24) is 0 Å². The van der Waals surface area contributed by atoms with Crippen LogP contribution in [0.5, 0.6) is 5.75 Å². The van der Waals surface area contributed by atoms with Gasteiger partial charge in [-0.25, -0.2) is 4.79 Å². The topological polar surface area (TPSA) is 114 Å². The summed E-state index contributed by atoms with van der Waals surface area (Å²) in [7, 11) is 0. The molecule has 2 aromatic rings. The van der Waals surface area contributed by atoms with Gasteiger partial charge in [-0.2, -0.15) is 0 Å². The average molecular weight is 481 g/mol. The molecule has 4 N–H and O–H groups in total. The number of ether oxygens (including phenoxy) is 3. The average Bonchev–Trinajstić information content (AvgIpc) is 2.86. The molecule has 2 aromatic carbocycles. The first-order valence-electron chi connectivity index (χ1n) is 12.4. The number of rotatable bonds is 11. The molecule has 35 heavy (non-hydrogen) atoms. The molecular weight excluding hydrogens is 444 g/mol. The van der Waals surface area contributed by atoms with Crippen molar-refractivity contribution < 1.29 is 23.8 Å². The van der Waals surface area contributed by atoms with E-state index in [-0.39, 0.29) is 24.6 Å². The highest BCUT2D eigenvalue weighted by atomic mass is 16.5. The number of nitrogen functional groups attached to an aromatic ring is 2. The molecular formula is C28H36N2O5. The fraction of sp³-hybridized carbons (Fsp3) is 0.429. The Morgan fingerprint density at radius 3 is 2.46 bits per heavy atom. The molecule has 7 heteroatoms. The number of hydrogen-bond donors (Lipinski definition) is 2. The molecule has 7 nitrogen and oxygen atoms in total. The highest BCUT2D eigenvalue weighted by molar-refractivity contribution is 5.87. The summed E-state index contributed by atoms with van der Waals surface area (Å²) in [6.07, 6.45) is 9.36. The molecule has 3 rings (SSSR count). The van der Waals surface area contributed by atoms with Crippen molar-refractivity contribution >= 4 is 29.4 Å². The Morgan fingerprint density at radius 2 is 1.74 bits per heavy atom. The molecule has 188 valence electrons. The second-order valence-electron chi connectivity index (χ2n) is 8.90. The third-order valence-electron chi connectivity index (χ3n) is 6.15. The summed E-state index contributed by atoms with van der Waals surface area (Å²) in [5.41, 5.74) is 14.6. The van der Waals surface area contributed by atoms with Crippen LogP contribution in [0.25, 0.3) is 6.08 Å². The number of carbonyl (C=O) groups is 2. The third kappa shape index (κ3) is 8.76. The molecule has 0 spiro atoms. The standard InChI is InChI=1S/C28H36N2O5/c1-2-3-17-33-24-12-7-21(8-13-24)28(32)35-25-10-4-20(5-11-25)6-15-27(31)34-18-16-22-19-23(29)9-14-26(22)30/h4-6,9-11,14-15,19,21,24H,2-3,7-8,12-13,16-18,29-30H2,1H3. The minimum absolute atomic E-state index is 0.0851. The highest BCUT2D eigenvalue weighted by Crippen LogP contribution is 2.28. The first-order chi connectivity index (χ1) is 16.9. The van der Waals surface area contributed by atoms with Crippen LogP contribution in [0.15, 0.2) is 48.5 Å². The van der Waals surface area contributed by atoms with E-state index in [2.05, 4.69) is 6.92 Å². The molecule has 0 heterocycles. The second-order valence-corrected chi connectivity index (χ2v) is 8.90. The summed E-state index contributed by atoms with van der Waals surface area (Å²) in [5.74, 6) is -0.226. The van der Waals surface area contributed by atoms with E-state index in [0.29, 0.717) is 23.5 Å². The van der Waals surface area contributed by atoms with E-state index in [4.69, 9.17) is 25.7 Å². The third-order valence-corrected chi connectivity index (χ3v) is 6.15. The van der Waals surface area contributed by atoms with Crippen LogP contribution in [-0.4, -0.2) is 31.3 Å². The maximum absolute atomic E-state index is 12.5. The van der Waals surface area contributed by atoms with Gasteiger partial charge in [0.1, 0.15) is 5.75 Å². The van der Waals surface area contributed by atoms with Crippen LogP contribution in [0.1, 0.15) is 56.6 Å². The van der Waals surface area contributed by atoms with Gasteiger partial charge in [0, 0.05) is 30.5 Å². The fourth-order valence-electron chi connectivity index (χ4n) is 4.02. The van der Waals surface area contributed by atoms with Crippen molar-refractivity contribution in [1.29, 1.82) is 0 Å². The van der Waals surface area contributed by atoms with E-state index < -0.39 is 5.97 Å². The Balaban J connectivity index is 1.38. The van der Waals surface area contributed by atoms with Gasteiger partial charge in [0.15, 0.2) is 0 Å². The van der Waals surface area contributed by atoms with Crippen LogP contribution < -0.4 is 16.2 Å². The molecule has 0 unspecified atom stereocenters. The van der Waals surface area contributed by atoms with E-state index >= 15 is 0 Å². The number of benzene rings is 2. The Morgan fingerprint density at radius 1 is 1.00 bits per heavy atom. The molecule has 1 aliphatic carbocycles. The Labute approximate surface area is 207 Å². The lowest BCUT2D eigenvalue weighted by atomic mass is 9.87. The van der Waals surface area contributed by atoms with E-state index in [9.17, 15) is 9.59 Å². The van der Waals surface area contributed by atoms with Gasteiger partial charge in [0.2, 0.25) is 0 Å². The summed E-state index contributed by atoms with van der Waals surface area (Å²) in [4.78, 5) is 24.5. The maximum Gasteiger partial charge on any atom is 0.330 e. The fourth-order valence-corrected chi connectivity index (χ4v) is 4.02. The van der Waals surface area contributed by atoms with Crippen LogP contribution in [0, 0.1) is 5.92 Å². The summed E-state index contributed by atoms with van der Waals surface area (Å²) in [5, 5.41) is 0. The number of carbonyl (C=O) groups excluding carboxylic acids is 2. The summed E-state index contributed by atoms with van der Waals surface area (Å²) in [6.45, 7) is 3.15. The number of nitrogens with two attached hydrogens (primary N) is 2. The molecule has 0 radical (unpaired) electrons. The van der Waals surface area contributed by atoms with Gasteiger partial charge in [0.05, 0.1) is 18.6 Å². The predicted molar refractivity (Wildman–Crippen MR) is 138 cm³/mol. The van der Waals surface area contributed by atoms with Crippen molar-refractivity contribution in [3.05, 3.63) is 59.7 Å². The lowest BCUT2D eigenvalue weighted by molar-refractivity contribution is -0.141. The predicted octanol–water partition coefficient (Wildman–Crippen LogP) is 4.93. The number of unbranched alkanes of at least 4 members (excludes halogenated alkanes) is 1. The van der Waals surface area contributed by atoms with E-state index in [1.807, 2.05) is 0 Å². The van der Waals surface area contributed by atoms with Crippen molar-refractivity contribution in [2.24, 2.45) is 5.92 Å². The second kappa shape index (κ2) is 13.5. The van der Waals surface area contributed by atoms with Crippen LogP contribution in [0.3, 0.4) is 0 Å². The van der Waals surface area contributed by atoms with Gasteiger partial charge in [-0.1, -0.05) is 25.5 Å². The highest BCUT2D eigenvalue weighted by Gasteiger charge is 2.28. The normalized spacial score (nSPS) is 17.9. The van der Waals surface area contributed by atoms with Gasteiger partial charge < -0.3 is 25.7 Å². The Hall–Kier alpha value is -3.32. The molecule has 0 aromatic heterocycles. The molecule has 0 aliphatic heterocycles. The first kappa shape index (κ1) is 26.3. The molecule has 1 saturated carbocycles. The van der Waals surface area contributed by atoms with Gasteiger partial charge in [-0.3, -0.25) is 4.79 Å². The minimum atomic E-state index is -0.447. The number of esters is 2. The Kier molecular flexibility index (Phi) is 10.2. The number of anilines is 2. The molecule has 1 aliphatic rings. The van der Waals surface area contributed by atoms with Crippen LogP contribution in [0.2, 0.25) is 0 Å².